The molecular weight excluding hydrogens is 474 g/mol. The molecule has 0 spiro atoms. The minimum absolute atomic E-state index is 0.00121. The van der Waals surface area contributed by atoms with Crippen molar-refractivity contribution in [2.24, 2.45) is 0 Å². The largest absolute Gasteiger partial charge is 0.458 e. The van der Waals surface area contributed by atoms with Crippen LogP contribution in [-0.2, 0) is 20.7 Å². The van der Waals surface area contributed by atoms with Crippen LogP contribution >= 0.6 is 11.3 Å². The molecule has 1 aromatic heterocycles. The zero-order valence-electron chi connectivity index (χ0n) is 21.0. The fourth-order valence-electron chi connectivity index (χ4n) is 4.34. The quantitative estimate of drug-likeness (QED) is 0.390. The lowest BCUT2D eigenvalue weighted by atomic mass is 9.82. The van der Waals surface area contributed by atoms with Crippen molar-refractivity contribution in [3.8, 4) is 0 Å². The molecule has 0 bridgehead atoms. The summed E-state index contributed by atoms with van der Waals surface area (Å²) in [6.07, 6.45) is 4.55. The minimum Gasteiger partial charge on any atom is -0.458 e. The monoisotopic (exact) mass is 507 g/mol. The molecule has 1 amide bonds. The summed E-state index contributed by atoms with van der Waals surface area (Å²) in [7, 11) is 0. The van der Waals surface area contributed by atoms with Crippen LogP contribution in [-0.4, -0.2) is 40.4 Å². The average Bonchev–Trinajstić information content (AvgIpc) is 3.29. The molecule has 7 nitrogen and oxygen atoms in total. The Kier molecular flexibility index (Phi) is 8.48. The van der Waals surface area contributed by atoms with Crippen LogP contribution in [0.1, 0.15) is 78.9 Å². The summed E-state index contributed by atoms with van der Waals surface area (Å²) in [5.74, 6) is -0.0881. The van der Waals surface area contributed by atoms with Crippen LogP contribution in [0, 0.1) is 0 Å². The van der Waals surface area contributed by atoms with Gasteiger partial charge in [-0.15, -0.1) is 10.2 Å². The Morgan fingerprint density at radius 2 is 1.67 bits per heavy atom. The van der Waals surface area contributed by atoms with Gasteiger partial charge in [-0.25, -0.2) is 4.79 Å². The lowest BCUT2D eigenvalue weighted by molar-refractivity contribution is -0.162. The molecule has 0 radical (unpaired) electrons. The average molecular weight is 508 g/mol. The number of hydrogen-bond acceptors (Lipinski definition) is 7. The molecule has 1 aliphatic carbocycles. The maximum atomic E-state index is 12.7. The molecule has 0 atom stereocenters. The highest BCUT2D eigenvalue weighted by Crippen LogP contribution is 2.34. The van der Waals surface area contributed by atoms with Crippen molar-refractivity contribution in [2.75, 3.05) is 11.9 Å². The number of hydrogen-bond donors (Lipinski definition) is 1. The maximum Gasteiger partial charge on any atom is 0.332 e. The first-order valence-corrected chi connectivity index (χ1v) is 13.2. The molecule has 3 aromatic rings. The third-order valence-corrected chi connectivity index (χ3v) is 6.90. The van der Waals surface area contributed by atoms with Gasteiger partial charge in [-0.05, 0) is 75.6 Å². The number of nitrogens with one attached hydrogen (secondary N) is 1. The van der Waals surface area contributed by atoms with Gasteiger partial charge in [0.25, 0.3) is 5.91 Å². The number of carbonyl (C=O) groups excluding carboxylic acids is 2. The normalized spacial score (nSPS) is 18.0. The van der Waals surface area contributed by atoms with E-state index in [0.29, 0.717) is 23.0 Å². The molecule has 0 saturated heterocycles. The van der Waals surface area contributed by atoms with Gasteiger partial charge in [0.2, 0.25) is 5.13 Å². The van der Waals surface area contributed by atoms with E-state index in [4.69, 9.17) is 9.47 Å². The predicted octanol–water partition coefficient (Wildman–Crippen LogP) is 5.77. The zero-order chi connectivity index (χ0) is 25.5. The molecule has 1 aliphatic rings. The Morgan fingerprint density at radius 3 is 2.33 bits per heavy atom. The molecule has 1 heterocycles. The zero-order valence-corrected chi connectivity index (χ0v) is 21.8. The summed E-state index contributed by atoms with van der Waals surface area (Å²) in [5.41, 5.74) is 2.47. The van der Waals surface area contributed by atoms with Crippen LogP contribution in [0.15, 0.2) is 54.6 Å². The van der Waals surface area contributed by atoms with Crippen LogP contribution in [0.2, 0.25) is 0 Å². The summed E-state index contributed by atoms with van der Waals surface area (Å²) in [6.45, 7) is 5.55. The lowest BCUT2D eigenvalue weighted by Crippen LogP contribution is -2.29. The van der Waals surface area contributed by atoms with Gasteiger partial charge >= 0.3 is 5.97 Å². The van der Waals surface area contributed by atoms with E-state index in [1.807, 2.05) is 75.4 Å². The molecule has 8 heteroatoms. The molecular formula is C28H33N3O4S. The number of amides is 1. The minimum atomic E-state index is -0.496. The van der Waals surface area contributed by atoms with Crippen LogP contribution in [0.25, 0.3) is 0 Å². The highest BCUT2D eigenvalue weighted by molar-refractivity contribution is 7.15. The topological polar surface area (TPSA) is 90.4 Å². The molecule has 36 heavy (non-hydrogen) atoms. The first-order valence-electron chi connectivity index (χ1n) is 12.4. The third kappa shape index (κ3) is 7.70. The van der Waals surface area contributed by atoms with Gasteiger partial charge in [-0.2, -0.15) is 0 Å². The van der Waals surface area contributed by atoms with Gasteiger partial charge in [-0.1, -0.05) is 53.8 Å². The first kappa shape index (κ1) is 26.0. The molecule has 2 aromatic carbocycles. The Balaban J connectivity index is 1.23. The number of carbonyl (C=O) groups is 2. The Hall–Kier alpha value is -3.10. The summed E-state index contributed by atoms with van der Waals surface area (Å²) in [5, 5.41) is 12.5. The van der Waals surface area contributed by atoms with Crippen molar-refractivity contribution in [2.45, 2.75) is 70.5 Å². The van der Waals surface area contributed by atoms with Crippen LogP contribution in [0.3, 0.4) is 0 Å². The molecule has 0 aliphatic heterocycles. The number of aromatic nitrogens is 2. The number of rotatable bonds is 8. The molecule has 190 valence electrons. The molecule has 1 fully saturated rings. The summed E-state index contributed by atoms with van der Waals surface area (Å²) in [6, 6.07) is 17.8. The van der Waals surface area contributed by atoms with Crippen LogP contribution < -0.4 is 5.32 Å². The van der Waals surface area contributed by atoms with Crippen molar-refractivity contribution in [1.82, 2.24) is 10.2 Å². The third-order valence-electron chi connectivity index (χ3n) is 6.06. The summed E-state index contributed by atoms with van der Waals surface area (Å²) < 4.78 is 11.1. The standard InChI is InChI=1S/C28H33N3O4S/c1-28(2,3)35-25(32)18-34-23-15-13-21(14-16-23)20-9-11-22(12-10-20)26(33)29-27-31-30-24(36-27)17-19-7-5-4-6-8-19/h4-12,21,23H,13-18H2,1-3H3,(H,29,31,33). The van der Waals surface area contributed by atoms with Gasteiger partial charge < -0.3 is 9.47 Å². The Labute approximate surface area is 216 Å². The number of nitrogens with zero attached hydrogens (tertiary/aromatic N) is 2. The second-order valence-electron chi connectivity index (χ2n) is 10.1. The van der Waals surface area contributed by atoms with Crippen LogP contribution in [0.5, 0.6) is 0 Å². The number of anilines is 1. The van der Waals surface area contributed by atoms with Crippen molar-refractivity contribution >= 4 is 28.3 Å². The van der Waals surface area contributed by atoms with Gasteiger partial charge in [0.05, 0.1) is 6.10 Å². The van der Waals surface area contributed by atoms with Gasteiger partial charge in [-0.3, -0.25) is 10.1 Å². The van der Waals surface area contributed by atoms with Crippen molar-refractivity contribution in [3.05, 3.63) is 76.3 Å². The van der Waals surface area contributed by atoms with E-state index in [1.165, 1.54) is 16.9 Å². The Bertz CT molecular complexity index is 1150. The van der Waals surface area contributed by atoms with E-state index < -0.39 is 5.60 Å². The van der Waals surface area contributed by atoms with E-state index >= 15 is 0 Å². The highest BCUT2D eigenvalue weighted by atomic mass is 32.1. The van der Waals surface area contributed by atoms with E-state index in [9.17, 15) is 9.59 Å². The van der Waals surface area contributed by atoms with Gasteiger partial charge in [0, 0.05) is 12.0 Å². The van der Waals surface area contributed by atoms with E-state index in [0.717, 1.165) is 36.3 Å². The van der Waals surface area contributed by atoms with Crippen molar-refractivity contribution in [3.63, 3.8) is 0 Å². The summed E-state index contributed by atoms with van der Waals surface area (Å²) >= 11 is 1.39. The molecule has 0 unspecified atom stereocenters. The fraction of sp³-hybridized carbons (Fsp3) is 0.429. The van der Waals surface area contributed by atoms with Gasteiger partial charge in [0.1, 0.15) is 17.2 Å². The molecule has 1 saturated carbocycles. The SMILES string of the molecule is CC(C)(C)OC(=O)COC1CCC(c2ccc(C(=O)Nc3nnc(Cc4ccccc4)s3)cc2)CC1. The predicted molar refractivity (Wildman–Crippen MR) is 140 cm³/mol. The lowest BCUT2D eigenvalue weighted by Gasteiger charge is -2.29. The summed E-state index contributed by atoms with van der Waals surface area (Å²) in [4.78, 5) is 24.6. The van der Waals surface area contributed by atoms with Crippen molar-refractivity contribution in [1.29, 1.82) is 0 Å². The smallest absolute Gasteiger partial charge is 0.332 e. The van der Waals surface area contributed by atoms with Crippen molar-refractivity contribution < 1.29 is 19.1 Å². The van der Waals surface area contributed by atoms with E-state index in [-0.39, 0.29) is 24.6 Å². The first-order chi connectivity index (χ1) is 17.2. The Morgan fingerprint density at radius 1 is 0.972 bits per heavy atom. The van der Waals surface area contributed by atoms with E-state index in [1.54, 1.807) is 0 Å². The second kappa shape index (κ2) is 11.8. The highest BCUT2D eigenvalue weighted by Gasteiger charge is 2.25. The molecule has 4 rings (SSSR count). The molecule has 1 N–H and O–H groups in total. The number of benzene rings is 2. The maximum absolute atomic E-state index is 12.7. The number of esters is 1. The van der Waals surface area contributed by atoms with Gasteiger partial charge in [0.15, 0.2) is 0 Å². The number of ether oxygens (including phenoxy) is 2. The second-order valence-corrected chi connectivity index (χ2v) is 11.2. The fourth-order valence-corrected chi connectivity index (χ4v) is 5.11. The van der Waals surface area contributed by atoms with Crippen LogP contribution in [0.4, 0.5) is 5.13 Å². The van der Waals surface area contributed by atoms with E-state index in [2.05, 4.69) is 15.5 Å².